The number of H-pyrrole nitrogens is 1. The zero-order valence-corrected chi connectivity index (χ0v) is 31.7. The van der Waals surface area contributed by atoms with Crippen molar-refractivity contribution in [3.8, 4) is 0 Å². The van der Waals surface area contributed by atoms with Crippen LogP contribution in [0.3, 0.4) is 0 Å². The molecule has 0 spiro atoms. The number of aromatic amines is 1. The largest absolute Gasteiger partial charge is 0.483 e. The minimum atomic E-state index is -5.82. The Bertz CT molecular complexity index is 1690. The fraction of sp³-hybridized carbons (Fsp3) is 0.741. The Labute approximate surface area is 306 Å². The number of phosphoric acid groups is 2. The average molecular weight is 819 g/mol. The second-order valence-corrected chi connectivity index (χ2v) is 14.3. The molecule has 3 rings (SSSR count). The molecule has 54 heavy (non-hydrogen) atoms. The van der Waals surface area contributed by atoms with Crippen LogP contribution in [0.25, 0.3) is 10.4 Å². The molecule has 0 aromatic carbocycles. The van der Waals surface area contributed by atoms with Gasteiger partial charge >= 0.3 is 39.2 Å². The van der Waals surface area contributed by atoms with Crippen LogP contribution in [0.15, 0.2) is 27.0 Å². The maximum Gasteiger partial charge on any atom is 0.483 e. The van der Waals surface area contributed by atoms with Gasteiger partial charge in [-0.05, 0) is 25.2 Å². The lowest BCUT2D eigenvalue weighted by Crippen LogP contribution is -2.62. The maximum absolute atomic E-state index is 12.9. The van der Waals surface area contributed by atoms with E-state index in [1.54, 1.807) is 0 Å². The molecule has 5 N–H and O–H groups in total. The van der Waals surface area contributed by atoms with Crippen LogP contribution in [0.4, 0.5) is 0 Å². The summed E-state index contributed by atoms with van der Waals surface area (Å²) in [5, 5.41) is 23.8. The van der Waals surface area contributed by atoms with Gasteiger partial charge in [0, 0.05) is 37.9 Å². The highest BCUT2D eigenvalue weighted by atomic mass is 31.3. The summed E-state index contributed by atoms with van der Waals surface area (Å²) in [6.45, 7) is 11.1. The number of hydrogen-bond acceptors (Lipinski definition) is 19. The Morgan fingerprint density at radius 1 is 0.907 bits per heavy atom. The molecule has 0 radical (unpaired) electrons. The van der Waals surface area contributed by atoms with Crippen molar-refractivity contribution in [2.75, 3.05) is 32.8 Å². The minimum absolute atomic E-state index is 0.668. The molecule has 0 saturated carbocycles. The van der Waals surface area contributed by atoms with Crippen LogP contribution in [0.5, 0.6) is 0 Å². The van der Waals surface area contributed by atoms with Gasteiger partial charge in [0.15, 0.2) is 24.5 Å². The molecule has 3 heterocycles. The first kappa shape index (κ1) is 46.6. The number of esters is 3. The molecule has 27 heteroatoms. The number of nitrogens with one attached hydrogen (secondary N) is 1. The van der Waals surface area contributed by atoms with E-state index < -0.39 is 113 Å². The lowest BCUT2D eigenvalue weighted by molar-refractivity contribution is -0.284. The molecule has 1 aromatic rings. The summed E-state index contributed by atoms with van der Waals surface area (Å²) in [6.07, 6.45) is -15.3. The number of azide groups is 1. The third kappa shape index (κ3) is 13.9. The summed E-state index contributed by atoms with van der Waals surface area (Å²) >= 11 is 0. The van der Waals surface area contributed by atoms with E-state index in [2.05, 4.69) is 44.5 Å². The monoisotopic (exact) mass is 818 g/mol. The minimum Gasteiger partial charge on any atom is -0.456 e. The van der Waals surface area contributed by atoms with Gasteiger partial charge in [0.25, 0.3) is 5.56 Å². The second-order valence-electron chi connectivity index (χ2n) is 11.3. The fourth-order valence-corrected chi connectivity index (χ4v) is 7.22. The molecule has 1 aromatic heterocycles. The first-order valence-corrected chi connectivity index (χ1v) is 19.1. The molecule has 306 valence electrons. The van der Waals surface area contributed by atoms with Crippen molar-refractivity contribution in [2.24, 2.45) is 5.11 Å². The van der Waals surface area contributed by atoms with Crippen molar-refractivity contribution >= 4 is 33.6 Å². The summed E-state index contributed by atoms with van der Waals surface area (Å²) in [4.78, 5) is 86.1. The van der Waals surface area contributed by atoms with Gasteiger partial charge < -0.3 is 48.6 Å². The summed E-state index contributed by atoms with van der Waals surface area (Å²) in [5.74, 6) is -3.08. The van der Waals surface area contributed by atoms with Gasteiger partial charge in [0.05, 0.1) is 13.2 Å². The topological polar surface area (TPSA) is 347 Å². The van der Waals surface area contributed by atoms with Gasteiger partial charge in [-0.25, -0.2) is 13.9 Å². The smallest absolute Gasteiger partial charge is 0.456 e. The molecular formula is C27H44N6O19P2. The number of aliphatic hydroxyl groups is 2. The number of carbonyl (C=O) groups excluding carboxylic acids is 3. The standard InChI is InChI=1S/C21H29N5O19P2.C6H15N/c1-8(27)39-16-11(6-23-25-22)43-20(18(41-10(3)29)17(16)40-9(2)28)44-47(36,37)45-46(34,35)38-7-12-14(31)15(32)19(42-12)26-5-4-13(30)24-21(26)33;1-4-7(5-2)6-3/h4-5,11-12,14-20,31-32H,6-7H2,1-3H3,(H,34,35)(H,36,37)(H,24,30,33);4-6H2,1-3H3/t11-,12-,14-,15-,16+,17+,18-,19-,20-;/m1./s1. The lowest BCUT2D eigenvalue weighted by atomic mass is 9.98. The third-order valence-corrected chi connectivity index (χ3v) is 10.1. The van der Waals surface area contributed by atoms with E-state index in [0.29, 0.717) is 4.57 Å². The molecule has 0 bridgehead atoms. The van der Waals surface area contributed by atoms with Gasteiger partial charge in [0.2, 0.25) is 6.29 Å². The highest BCUT2D eigenvalue weighted by Gasteiger charge is 2.55. The SMILES string of the molecule is CC(=O)O[C@H]1[C@@H](OC(C)=O)[C@@H](CN=[N+]=[N-])O[C@H](OP(=O)(O)OP(=O)(O)OC[C@H]2O[C@@H](n3ccc(=O)[nH]c3=O)[C@H](O)[C@@H]2O)[C@@H]1OC(C)=O.CCN(CC)CC. The molecule has 2 saturated heterocycles. The lowest BCUT2D eigenvalue weighted by Gasteiger charge is -2.44. The van der Waals surface area contributed by atoms with Crippen molar-refractivity contribution < 1.29 is 80.6 Å². The van der Waals surface area contributed by atoms with Crippen molar-refractivity contribution in [2.45, 2.75) is 96.8 Å². The third-order valence-electron chi connectivity index (χ3n) is 7.47. The van der Waals surface area contributed by atoms with Crippen molar-refractivity contribution in [3.63, 3.8) is 0 Å². The zero-order chi connectivity index (χ0) is 41.0. The Morgan fingerprint density at radius 3 is 1.96 bits per heavy atom. The van der Waals surface area contributed by atoms with Crippen LogP contribution in [0.1, 0.15) is 47.8 Å². The molecule has 2 aliphatic rings. The number of aromatic nitrogens is 2. The van der Waals surface area contributed by atoms with Crippen LogP contribution in [-0.4, -0.2) is 134 Å². The van der Waals surface area contributed by atoms with E-state index in [0.717, 1.165) is 33.0 Å². The molecule has 0 aliphatic carbocycles. The number of phosphoric ester groups is 2. The van der Waals surface area contributed by atoms with Crippen LogP contribution >= 0.6 is 15.6 Å². The maximum atomic E-state index is 12.9. The fourth-order valence-electron chi connectivity index (χ4n) is 5.07. The summed E-state index contributed by atoms with van der Waals surface area (Å²) in [7, 11) is -11.5. The van der Waals surface area contributed by atoms with Gasteiger partial charge in [0.1, 0.15) is 24.4 Å². The Morgan fingerprint density at radius 2 is 1.46 bits per heavy atom. The van der Waals surface area contributed by atoms with E-state index in [9.17, 15) is 53.1 Å². The molecule has 11 atom stereocenters. The predicted octanol–water partition coefficient (Wildman–Crippen LogP) is -0.415. The predicted molar refractivity (Wildman–Crippen MR) is 178 cm³/mol. The van der Waals surface area contributed by atoms with Crippen molar-refractivity contribution in [1.82, 2.24) is 14.5 Å². The van der Waals surface area contributed by atoms with Gasteiger partial charge in [-0.1, -0.05) is 25.9 Å². The molecule has 2 aliphatic heterocycles. The van der Waals surface area contributed by atoms with Crippen molar-refractivity contribution in [3.05, 3.63) is 43.5 Å². The Balaban J connectivity index is 0.00000131. The Kier molecular flexibility index (Phi) is 18.1. The summed E-state index contributed by atoms with van der Waals surface area (Å²) in [5.41, 5.74) is 6.94. The van der Waals surface area contributed by atoms with E-state index in [-0.39, 0.29) is 0 Å². The first-order valence-electron chi connectivity index (χ1n) is 16.1. The van der Waals surface area contributed by atoms with Gasteiger partial charge in [-0.2, -0.15) is 4.31 Å². The molecule has 2 unspecified atom stereocenters. The zero-order valence-electron chi connectivity index (χ0n) is 29.9. The van der Waals surface area contributed by atoms with E-state index in [1.807, 2.05) is 4.98 Å². The van der Waals surface area contributed by atoms with E-state index in [4.69, 9.17) is 33.7 Å². The van der Waals surface area contributed by atoms with Crippen molar-refractivity contribution in [1.29, 1.82) is 0 Å². The molecule has 25 nitrogen and oxygen atoms in total. The van der Waals surface area contributed by atoms with Crippen LogP contribution < -0.4 is 11.2 Å². The van der Waals surface area contributed by atoms with Gasteiger partial charge in [-0.15, -0.1) is 0 Å². The number of nitrogens with zero attached hydrogens (tertiary/aromatic N) is 5. The average Bonchev–Trinajstić information content (AvgIpc) is 3.34. The highest BCUT2D eigenvalue weighted by molar-refractivity contribution is 7.61. The Hall–Kier alpha value is -3.54. The van der Waals surface area contributed by atoms with Crippen LogP contribution in [-0.2, 0) is 60.6 Å². The number of ether oxygens (including phenoxy) is 5. The first-order chi connectivity index (χ1) is 25.2. The van der Waals surface area contributed by atoms with E-state index in [1.165, 1.54) is 19.6 Å². The second kappa shape index (κ2) is 20.9. The molecule has 0 amide bonds. The number of aliphatic hydroxyl groups excluding tert-OH is 2. The number of carbonyl (C=O) groups is 3. The molecular weight excluding hydrogens is 774 g/mol. The van der Waals surface area contributed by atoms with Crippen LogP contribution in [0.2, 0.25) is 0 Å². The highest BCUT2D eigenvalue weighted by Crippen LogP contribution is 2.61. The van der Waals surface area contributed by atoms with Gasteiger partial charge in [-0.3, -0.25) is 37.8 Å². The summed E-state index contributed by atoms with van der Waals surface area (Å²) < 4.78 is 65.9. The number of rotatable bonds is 16. The summed E-state index contributed by atoms with van der Waals surface area (Å²) in [6, 6.07) is 0.911. The van der Waals surface area contributed by atoms with E-state index >= 15 is 0 Å². The molecule has 2 fully saturated rings. The quantitative estimate of drug-likeness (QED) is 0.0353. The number of hydrogen-bond donors (Lipinski definition) is 5. The van der Waals surface area contributed by atoms with Crippen LogP contribution in [0, 0.1) is 0 Å². The normalized spacial score (nSPS) is 28.7.